The lowest BCUT2D eigenvalue weighted by Gasteiger charge is -2.24. The molecule has 0 amide bonds. The quantitative estimate of drug-likeness (QED) is 0.267. The minimum atomic E-state index is -1.67. The first-order valence-electron chi connectivity index (χ1n) is 4.56. The average Bonchev–Trinajstić information content (AvgIpc) is 3.12. The molecule has 4 atom stereocenters. The van der Waals surface area contributed by atoms with Crippen molar-refractivity contribution in [3.05, 3.63) is 0 Å². The Hall–Kier alpha value is -0.280. The van der Waals surface area contributed by atoms with Crippen molar-refractivity contribution >= 4 is 0 Å². The summed E-state index contributed by atoms with van der Waals surface area (Å²) in [5.74, 6) is 0. The van der Waals surface area contributed by atoms with Gasteiger partial charge in [0.05, 0.1) is 26.4 Å². The summed E-state index contributed by atoms with van der Waals surface area (Å²) in [4.78, 5) is 0. The van der Waals surface area contributed by atoms with Gasteiger partial charge in [-0.2, -0.15) is 0 Å². The van der Waals surface area contributed by atoms with E-state index in [1.165, 1.54) is 0 Å². The molecule has 0 aromatic rings. The van der Waals surface area contributed by atoms with Gasteiger partial charge in [-0.15, -0.1) is 0 Å². The minimum absolute atomic E-state index is 0.726. The van der Waals surface area contributed by atoms with E-state index in [1.807, 2.05) is 0 Å². The molecule has 7 nitrogen and oxygen atoms in total. The second-order valence-corrected chi connectivity index (χ2v) is 3.09. The Bertz CT molecular complexity index is 135. The third kappa shape index (κ3) is 6.74. The van der Waals surface area contributed by atoms with Gasteiger partial charge in [-0.3, -0.25) is 0 Å². The fourth-order valence-corrected chi connectivity index (χ4v) is 0.671. The van der Waals surface area contributed by atoms with Gasteiger partial charge in [-0.05, 0) is 0 Å². The van der Waals surface area contributed by atoms with Crippen molar-refractivity contribution in [1.29, 1.82) is 0 Å². The predicted octanol–water partition coefficient (Wildman–Crippen LogP) is -3.57. The van der Waals surface area contributed by atoms with E-state index in [-0.39, 0.29) is 0 Å². The molecule has 1 rings (SSSR count). The molecule has 7 heteroatoms. The summed E-state index contributed by atoms with van der Waals surface area (Å²) in [5.41, 5.74) is 0. The topological polar surface area (TPSA) is 134 Å². The Balaban J connectivity index is 0.000000548. The fourth-order valence-electron chi connectivity index (χ4n) is 0.671. The number of epoxide rings is 1. The van der Waals surface area contributed by atoms with Gasteiger partial charge >= 0.3 is 0 Å². The molecule has 1 saturated heterocycles. The summed E-state index contributed by atoms with van der Waals surface area (Å²) in [6.07, 6.45) is -6.39. The molecule has 92 valence electrons. The zero-order chi connectivity index (χ0) is 11.8. The molecule has 1 fully saturated rings. The van der Waals surface area contributed by atoms with Crippen molar-refractivity contribution in [3.63, 3.8) is 0 Å². The van der Waals surface area contributed by atoms with Crippen LogP contribution in [0.15, 0.2) is 0 Å². The third-order valence-electron chi connectivity index (χ3n) is 1.72. The number of hydrogen-bond donors (Lipinski definition) is 6. The smallest absolute Gasteiger partial charge is 0.111 e. The second-order valence-electron chi connectivity index (χ2n) is 3.09. The maximum atomic E-state index is 8.96. The van der Waals surface area contributed by atoms with Crippen LogP contribution in [0, 0.1) is 0 Å². The summed E-state index contributed by atoms with van der Waals surface area (Å²) in [7, 11) is 0. The van der Waals surface area contributed by atoms with Gasteiger partial charge in [0.25, 0.3) is 0 Å². The Morgan fingerprint density at radius 1 is 0.800 bits per heavy atom. The highest BCUT2D eigenvalue weighted by Gasteiger charge is 2.29. The van der Waals surface area contributed by atoms with Crippen molar-refractivity contribution in [2.75, 3.05) is 26.4 Å². The highest BCUT2D eigenvalue weighted by atomic mass is 16.6. The summed E-state index contributed by atoms with van der Waals surface area (Å²) in [6, 6.07) is 0. The van der Waals surface area contributed by atoms with Gasteiger partial charge in [-0.1, -0.05) is 0 Å². The van der Waals surface area contributed by atoms with Crippen LogP contribution in [0.5, 0.6) is 0 Å². The molecule has 0 aliphatic carbocycles. The summed E-state index contributed by atoms with van der Waals surface area (Å²) >= 11 is 0. The van der Waals surface area contributed by atoms with Gasteiger partial charge in [0.15, 0.2) is 0 Å². The zero-order valence-electron chi connectivity index (χ0n) is 8.23. The van der Waals surface area contributed by atoms with Gasteiger partial charge in [0.2, 0.25) is 0 Å². The van der Waals surface area contributed by atoms with Crippen molar-refractivity contribution in [1.82, 2.24) is 0 Å². The molecular formula is C8H18O7. The van der Waals surface area contributed by atoms with E-state index in [2.05, 4.69) is 4.74 Å². The molecule has 1 aliphatic heterocycles. The van der Waals surface area contributed by atoms with Crippen LogP contribution < -0.4 is 0 Å². The summed E-state index contributed by atoms with van der Waals surface area (Å²) in [6.45, 7) is 0.548. The Morgan fingerprint density at radius 2 is 1.07 bits per heavy atom. The number of ether oxygens (including phenoxy) is 1. The van der Waals surface area contributed by atoms with Crippen LogP contribution in [0.4, 0.5) is 0 Å². The SMILES string of the molecule is C1CO1.OC[C@@H](O)[C@@H](O)[C@H](O)[C@@H](O)CO. The lowest BCUT2D eigenvalue weighted by molar-refractivity contribution is -0.123. The van der Waals surface area contributed by atoms with Crippen LogP contribution >= 0.6 is 0 Å². The van der Waals surface area contributed by atoms with E-state index in [1.54, 1.807) is 0 Å². The van der Waals surface area contributed by atoms with Gasteiger partial charge in [-0.25, -0.2) is 0 Å². The molecule has 15 heavy (non-hydrogen) atoms. The van der Waals surface area contributed by atoms with E-state index in [4.69, 9.17) is 30.6 Å². The third-order valence-corrected chi connectivity index (χ3v) is 1.72. The molecule has 6 N–H and O–H groups in total. The first kappa shape index (κ1) is 14.7. The van der Waals surface area contributed by atoms with Gasteiger partial charge < -0.3 is 35.4 Å². The predicted molar refractivity (Wildman–Crippen MR) is 49.0 cm³/mol. The van der Waals surface area contributed by atoms with E-state index in [9.17, 15) is 0 Å². The van der Waals surface area contributed by atoms with Gasteiger partial charge in [0.1, 0.15) is 24.4 Å². The van der Waals surface area contributed by atoms with Crippen LogP contribution in [0.2, 0.25) is 0 Å². The first-order valence-corrected chi connectivity index (χ1v) is 4.56. The summed E-state index contributed by atoms with van der Waals surface area (Å²) in [5, 5.41) is 52.2. The normalized spacial score (nSPS) is 22.0. The van der Waals surface area contributed by atoms with Crippen molar-refractivity contribution in [2.24, 2.45) is 0 Å². The molecule has 1 heterocycles. The maximum absolute atomic E-state index is 8.96. The van der Waals surface area contributed by atoms with Crippen molar-refractivity contribution < 1.29 is 35.4 Å². The number of hydrogen-bond acceptors (Lipinski definition) is 7. The van der Waals surface area contributed by atoms with Gasteiger partial charge in [0, 0.05) is 0 Å². The number of rotatable bonds is 5. The number of aliphatic hydroxyl groups is 6. The van der Waals surface area contributed by atoms with Crippen LogP contribution in [-0.4, -0.2) is 81.5 Å². The van der Waals surface area contributed by atoms with Crippen molar-refractivity contribution in [3.8, 4) is 0 Å². The monoisotopic (exact) mass is 226 g/mol. The Kier molecular flexibility index (Phi) is 7.79. The van der Waals surface area contributed by atoms with E-state index in [0.29, 0.717) is 0 Å². The fraction of sp³-hybridized carbons (Fsp3) is 1.00. The molecule has 1 aliphatic rings. The summed E-state index contributed by atoms with van der Waals surface area (Å²) < 4.78 is 4.50. The van der Waals surface area contributed by atoms with Crippen LogP contribution in [-0.2, 0) is 4.74 Å². The van der Waals surface area contributed by atoms with Crippen LogP contribution in [0.3, 0.4) is 0 Å². The number of aliphatic hydroxyl groups excluding tert-OH is 6. The van der Waals surface area contributed by atoms with Crippen LogP contribution in [0.1, 0.15) is 0 Å². The van der Waals surface area contributed by atoms with Crippen LogP contribution in [0.25, 0.3) is 0 Å². The minimum Gasteiger partial charge on any atom is -0.394 e. The maximum Gasteiger partial charge on any atom is 0.111 e. The molecule has 0 aromatic heterocycles. The average molecular weight is 226 g/mol. The molecule has 0 aromatic carbocycles. The molecule has 0 spiro atoms. The molecule has 0 bridgehead atoms. The van der Waals surface area contributed by atoms with E-state index < -0.39 is 37.6 Å². The largest absolute Gasteiger partial charge is 0.394 e. The molecule has 0 unspecified atom stereocenters. The molecular weight excluding hydrogens is 208 g/mol. The first-order chi connectivity index (χ1) is 7.04. The van der Waals surface area contributed by atoms with Crippen molar-refractivity contribution in [2.45, 2.75) is 24.4 Å². The Morgan fingerprint density at radius 3 is 1.20 bits per heavy atom. The zero-order valence-corrected chi connectivity index (χ0v) is 8.23. The highest BCUT2D eigenvalue weighted by molar-refractivity contribution is 4.79. The van der Waals surface area contributed by atoms with E-state index in [0.717, 1.165) is 13.2 Å². The Labute approximate surface area is 87.2 Å². The van der Waals surface area contributed by atoms with E-state index >= 15 is 0 Å². The second kappa shape index (κ2) is 7.94. The molecule has 0 saturated carbocycles. The molecule has 0 radical (unpaired) electrons. The standard InChI is InChI=1S/C6H14O6.C2H4O/c7-1-3(9)5(11)6(12)4(10)2-8;1-2-3-1/h3-12H,1-2H2;1-2H2/t3-,4+,5-,6-;/m1./s1. The lowest BCUT2D eigenvalue weighted by Crippen LogP contribution is -2.46. The lowest BCUT2D eigenvalue weighted by atomic mass is 10.0. The highest BCUT2D eigenvalue weighted by Crippen LogP contribution is 2.03.